The highest BCUT2D eigenvalue weighted by Gasteiger charge is 2.25. The first-order valence-corrected chi connectivity index (χ1v) is 8.04. The summed E-state index contributed by atoms with van der Waals surface area (Å²) in [6.45, 7) is 2.21. The number of hydrogen-bond acceptors (Lipinski definition) is 2. The zero-order chi connectivity index (χ0) is 13.2. The van der Waals surface area contributed by atoms with Crippen LogP contribution in [-0.4, -0.2) is 7.05 Å². The summed E-state index contributed by atoms with van der Waals surface area (Å²) in [6, 6.07) is 9.31. The first-order valence-electron chi connectivity index (χ1n) is 7.10. The minimum absolute atomic E-state index is 0.336. The van der Waals surface area contributed by atoms with E-state index in [1.807, 2.05) is 0 Å². The lowest BCUT2D eigenvalue weighted by Gasteiger charge is -2.30. The summed E-state index contributed by atoms with van der Waals surface area (Å²) in [4.78, 5) is 0. The molecule has 0 amide bonds. The van der Waals surface area contributed by atoms with Crippen molar-refractivity contribution in [3.8, 4) is 0 Å². The summed E-state index contributed by atoms with van der Waals surface area (Å²) in [7, 11) is 2.07. The average molecular weight is 271 g/mol. The van der Waals surface area contributed by atoms with Gasteiger partial charge in [0.15, 0.2) is 0 Å². The van der Waals surface area contributed by atoms with Crippen LogP contribution in [-0.2, 0) is 0 Å². The van der Waals surface area contributed by atoms with Crippen molar-refractivity contribution < 1.29 is 0 Å². The zero-order valence-electron chi connectivity index (χ0n) is 11.6. The SMILES string of the molecule is CNC(c1cscc1C)c1ccccc1C1CCC1. The third-order valence-corrected chi connectivity index (χ3v) is 5.23. The third-order valence-electron chi connectivity index (χ3n) is 4.35. The van der Waals surface area contributed by atoms with Crippen molar-refractivity contribution in [1.82, 2.24) is 5.32 Å². The van der Waals surface area contributed by atoms with Crippen molar-refractivity contribution in [2.45, 2.75) is 38.1 Å². The van der Waals surface area contributed by atoms with Gasteiger partial charge in [-0.15, -0.1) is 0 Å². The highest BCUT2D eigenvalue weighted by molar-refractivity contribution is 7.08. The Morgan fingerprint density at radius 3 is 2.53 bits per heavy atom. The van der Waals surface area contributed by atoms with Crippen LogP contribution in [0.4, 0.5) is 0 Å². The van der Waals surface area contributed by atoms with Crippen molar-refractivity contribution in [2.75, 3.05) is 7.05 Å². The zero-order valence-corrected chi connectivity index (χ0v) is 12.5. The molecule has 0 spiro atoms. The number of thiophene rings is 1. The highest BCUT2D eigenvalue weighted by Crippen LogP contribution is 2.41. The molecule has 1 fully saturated rings. The van der Waals surface area contributed by atoms with Crippen LogP contribution >= 0.6 is 11.3 Å². The number of rotatable bonds is 4. The molecule has 1 aliphatic carbocycles. The van der Waals surface area contributed by atoms with E-state index in [1.165, 1.54) is 36.0 Å². The molecule has 1 saturated carbocycles. The molecular weight excluding hydrogens is 250 g/mol. The lowest BCUT2D eigenvalue weighted by molar-refractivity contribution is 0.415. The predicted molar refractivity (Wildman–Crippen MR) is 83.0 cm³/mol. The monoisotopic (exact) mass is 271 g/mol. The maximum atomic E-state index is 3.51. The molecule has 0 aliphatic heterocycles. The van der Waals surface area contributed by atoms with Crippen LogP contribution in [0.3, 0.4) is 0 Å². The molecule has 1 heterocycles. The van der Waals surface area contributed by atoms with Crippen LogP contribution < -0.4 is 5.32 Å². The van der Waals surface area contributed by atoms with Crippen LogP contribution in [0.2, 0.25) is 0 Å². The van der Waals surface area contributed by atoms with E-state index in [2.05, 4.69) is 54.3 Å². The number of hydrogen-bond donors (Lipinski definition) is 1. The Morgan fingerprint density at radius 2 is 1.95 bits per heavy atom. The molecule has 1 nitrogen and oxygen atoms in total. The van der Waals surface area contributed by atoms with Gasteiger partial charge in [0.1, 0.15) is 0 Å². The minimum atomic E-state index is 0.336. The Kier molecular flexibility index (Phi) is 3.72. The van der Waals surface area contributed by atoms with E-state index >= 15 is 0 Å². The van der Waals surface area contributed by atoms with Crippen LogP contribution in [0.1, 0.15) is 53.5 Å². The van der Waals surface area contributed by atoms with Crippen molar-refractivity contribution >= 4 is 11.3 Å². The molecule has 3 rings (SSSR count). The predicted octanol–water partition coefficient (Wildman–Crippen LogP) is 4.63. The molecule has 1 aromatic heterocycles. The molecule has 1 aliphatic rings. The number of aryl methyl sites for hydroxylation is 1. The molecule has 1 N–H and O–H groups in total. The van der Waals surface area contributed by atoms with Crippen molar-refractivity contribution in [2.24, 2.45) is 0 Å². The molecule has 100 valence electrons. The molecule has 1 aromatic carbocycles. The van der Waals surface area contributed by atoms with Gasteiger partial charge >= 0.3 is 0 Å². The fourth-order valence-electron chi connectivity index (χ4n) is 3.01. The Balaban J connectivity index is 2.02. The van der Waals surface area contributed by atoms with Crippen LogP contribution in [0.25, 0.3) is 0 Å². The van der Waals surface area contributed by atoms with Crippen molar-refractivity contribution in [3.63, 3.8) is 0 Å². The summed E-state index contributed by atoms with van der Waals surface area (Å²) >= 11 is 1.80. The highest BCUT2D eigenvalue weighted by atomic mass is 32.1. The van der Waals surface area contributed by atoms with E-state index in [9.17, 15) is 0 Å². The molecule has 1 unspecified atom stereocenters. The van der Waals surface area contributed by atoms with Gasteiger partial charge in [-0.2, -0.15) is 11.3 Å². The second kappa shape index (κ2) is 5.48. The van der Waals surface area contributed by atoms with Crippen LogP contribution in [0.5, 0.6) is 0 Å². The molecule has 2 heteroatoms. The summed E-state index contributed by atoms with van der Waals surface area (Å²) in [5, 5.41) is 8.04. The van der Waals surface area contributed by atoms with E-state index in [-0.39, 0.29) is 0 Å². The van der Waals surface area contributed by atoms with Gasteiger partial charge in [-0.05, 0) is 65.7 Å². The van der Waals surface area contributed by atoms with Gasteiger partial charge in [-0.3, -0.25) is 0 Å². The molecule has 0 bridgehead atoms. The smallest absolute Gasteiger partial charge is 0.0587 e. The van der Waals surface area contributed by atoms with Gasteiger partial charge in [0.2, 0.25) is 0 Å². The Morgan fingerprint density at radius 1 is 1.16 bits per heavy atom. The summed E-state index contributed by atoms with van der Waals surface area (Å²) in [5.41, 5.74) is 5.85. The Bertz CT molecular complexity index is 554. The van der Waals surface area contributed by atoms with Gasteiger partial charge in [-0.1, -0.05) is 30.7 Å². The topological polar surface area (TPSA) is 12.0 Å². The van der Waals surface area contributed by atoms with Gasteiger partial charge in [0, 0.05) is 0 Å². The molecule has 2 aromatic rings. The van der Waals surface area contributed by atoms with E-state index in [1.54, 1.807) is 16.9 Å². The van der Waals surface area contributed by atoms with E-state index < -0.39 is 0 Å². The van der Waals surface area contributed by atoms with Gasteiger partial charge in [0.05, 0.1) is 6.04 Å². The normalized spacial score (nSPS) is 17.2. The van der Waals surface area contributed by atoms with E-state index in [0.717, 1.165) is 5.92 Å². The second-order valence-corrected chi connectivity index (χ2v) is 6.23. The first-order chi connectivity index (χ1) is 9.31. The second-order valence-electron chi connectivity index (χ2n) is 5.49. The van der Waals surface area contributed by atoms with E-state index in [0.29, 0.717) is 6.04 Å². The first kappa shape index (κ1) is 12.9. The quantitative estimate of drug-likeness (QED) is 0.854. The maximum absolute atomic E-state index is 3.51. The van der Waals surface area contributed by atoms with Crippen molar-refractivity contribution in [3.05, 3.63) is 57.3 Å². The lowest BCUT2D eigenvalue weighted by Crippen LogP contribution is -2.21. The fraction of sp³-hybridized carbons (Fsp3) is 0.412. The van der Waals surface area contributed by atoms with Gasteiger partial charge in [0.25, 0.3) is 0 Å². The Hall–Kier alpha value is -1.12. The van der Waals surface area contributed by atoms with Crippen LogP contribution in [0.15, 0.2) is 35.0 Å². The summed E-state index contributed by atoms with van der Waals surface area (Å²) in [5.74, 6) is 0.783. The molecule has 1 atom stereocenters. The largest absolute Gasteiger partial charge is 0.309 e. The third kappa shape index (κ3) is 2.35. The minimum Gasteiger partial charge on any atom is -0.309 e. The molecule has 0 radical (unpaired) electrons. The summed E-state index contributed by atoms with van der Waals surface area (Å²) < 4.78 is 0. The van der Waals surface area contributed by atoms with Gasteiger partial charge < -0.3 is 5.32 Å². The molecule has 19 heavy (non-hydrogen) atoms. The average Bonchev–Trinajstić information content (AvgIpc) is 2.77. The standard InChI is InChI=1S/C17H21NS/c1-12-10-19-11-16(12)17(18-2)15-9-4-3-8-14(15)13-6-5-7-13/h3-4,8-11,13,17-18H,5-7H2,1-2H3. The Labute approximate surface area is 119 Å². The molecular formula is C17H21NS. The van der Waals surface area contributed by atoms with Gasteiger partial charge in [-0.25, -0.2) is 0 Å². The summed E-state index contributed by atoms with van der Waals surface area (Å²) in [6.07, 6.45) is 4.10. The number of nitrogens with one attached hydrogen (secondary N) is 1. The van der Waals surface area contributed by atoms with E-state index in [4.69, 9.17) is 0 Å². The maximum Gasteiger partial charge on any atom is 0.0587 e. The lowest BCUT2D eigenvalue weighted by atomic mass is 9.76. The number of benzene rings is 1. The van der Waals surface area contributed by atoms with Crippen molar-refractivity contribution in [1.29, 1.82) is 0 Å². The fourth-order valence-corrected chi connectivity index (χ4v) is 3.89. The molecule has 0 saturated heterocycles. The van der Waals surface area contributed by atoms with Crippen LogP contribution in [0, 0.1) is 6.92 Å².